The van der Waals surface area contributed by atoms with Crippen molar-refractivity contribution >= 4 is 0 Å². The molecule has 0 amide bonds. The number of aliphatic hydroxyl groups is 5. The van der Waals surface area contributed by atoms with Crippen LogP contribution in [-0.4, -0.2) is 62.3 Å². The van der Waals surface area contributed by atoms with Gasteiger partial charge in [0, 0.05) is 22.2 Å². The van der Waals surface area contributed by atoms with Crippen molar-refractivity contribution < 1.29 is 30.3 Å². The van der Waals surface area contributed by atoms with Crippen LogP contribution in [0, 0.1) is 75.4 Å². The van der Waals surface area contributed by atoms with Gasteiger partial charge in [0.1, 0.15) is 0 Å². The smallest absolute Gasteiger partial charge is 0.154 e. The molecule has 18 unspecified atom stereocenters. The van der Waals surface area contributed by atoms with Crippen LogP contribution in [0.15, 0.2) is 0 Å². The van der Waals surface area contributed by atoms with Crippen LogP contribution in [-0.2, 0) is 4.74 Å². The molecule has 6 heteroatoms. The summed E-state index contributed by atoms with van der Waals surface area (Å²) in [4.78, 5) is 0. The highest BCUT2D eigenvalue weighted by Crippen LogP contribution is 2.75. The van der Waals surface area contributed by atoms with Crippen LogP contribution in [0.3, 0.4) is 0 Å². The van der Waals surface area contributed by atoms with E-state index < -0.39 is 35.4 Å². The lowest BCUT2D eigenvalue weighted by Gasteiger charge is -2.75. The molecule has 0 aromatic rings. The molecule has 0 aromatic heterocycles. The Morgan fingerprint density at radius 1 is 0.769 bits per heavy atom. The van der Waals surface area contributed by atoms with Crippen molar-refractivity contribution in [1.82, 2.24) is 0 Å². The Morgan fingerprint density at radius 2 is 1.40 bits per heavy atom. The molecule has 5 fully saturated rings. The van der Waals surface area contributed by atoms with Crippen molar-refractivity contribution in [3.8, 4) is 0 Å². The molecule has 0 aromatic carbocycles. The van der Waals surface area contributed by atoms with Crippen LogP contribution in [0.2, 0.25) is 0 Å². The van der Waals surface area contributed by atoms with Gasteiger partial charge in [-0.15, -0.1) is 0 Å². The second-order valence-corrected chi connectivity index (χ2v) is 20.6. The first-order chi connectivity index (χ1) is 24.5. The fraction of sp³-hybridized carbons (Fsp3) is 1.00. The molecule has 5 saturated carbocycles. The number of aliphatic hydroxyl groups excluding tert-OH is 5. The van der Waals surface area contributed by atoms with Gasteiger partial charge in [-0.1, -0.05) is 132 Å². The van der Waals surface area contributed by atoms with Crippen molar-refractivity contribution in [2.75, 3.05) is 0 Å². The molecule has 5 N–H and O–H groups in total. The summed E-state index contributed by atoms with van der Waals surface area (Å²) in [7, 11) is 0. The average molecular weight is 733 g/mol. The third-order valence-electron chi connectivity index (χ3n) is 17.8. The summed E-state index contributed by atoms with van der Waals surface area (Å²) in [6, 6.07) is 0. The highest BCUT2D eigenvalue weighted by Gasteiger charge is 2.76. The fourth-order valence-corrected chi connectivity index (χ4v) is 14.5. The topological polar surface area (TPSA) is 110 Å². The van der Waals surface area contributed by atoms with Gasteiger partial charge < -0.3 is 30.3 Å². The second-order valence-electron chi connectivity index (χ2n) is 20.6. The van der Waals surface area contributed by atoms with E-state index in [1.165, 1.54) is 57.8 Å². The minimum atomic E-state index is -0.890. The van der Waals surface area contributed by atoms with Gasteiger partial charge in [0.15, 0.2) is 6.29 Å². The van der Waals surface area contributed by atoms with Crippen LogP contribution in [0.1, 0.15) is 178 Å². The molecular formula is C46H84O6. The van der Waals surface area contributed by atoms with Gasteiger partial charge in [0.2, 0.25) is 0 Å². The van der Waals surface area contributed by atoms with Gasteiger partial charge >= 0.3 is 0 Å². The molecule has 0 bridgehead atoms. The van der Waals surface area contributed by atoms with E-state index in [1.54, 1.807) is 0 Å². The van der Waals surface area contributed by atoms with Crippen molar-refractivity contribution in [2.24, 2.45) is 75.4 Å². The molecule has 52 heavy (non-hydrogen) atoms. The van der Waals surface area contributed by atoms with Gasteiger partial charge in [-0.2, -0.15) is 0 Å². The number of fused-ring (bicyclic) bond motifs is 3. The molecule has 304 valence electrons. The van der Waals surface area contributed by atoms with Gasteiger partial charge in [0.05, 0.1) is 30.5 Å². The van der Waals surface area contributed by atoms with E-state index in [2.05, 4.69) is 48.5 Å². The Bertz CT molecular complexity index is 1110. The zero-order valence-corrected chi connectivity index (χ0v) is 35.1. The SMILES string of the molecule is CCC(O)OC1C2(C)C(CCC3CCCC3)C3CCCC(C)C3C(O)C2C(C)C2(C)C(O)C(C(O)CCCCCCCC(C)C(C)O)C(C)CC12C. The van der Waals surface area contributed by atoms with Gasteiger partial charge in [-0.25, -0.2) is 0 Å². The van der Waals surface area contributed by atoms with Gasteiger partial charge in [-0.3, -0.25) is 0 Å². The molecule has 0 heterocycles. The first-order valence-corrected chi connectivity index (χ1v) is 22.6. The monoisotopic (exact) mass is 733 g/mol. The van der Waals surface area contributed by atoms with Crippen LogP contribution < -0.4 is 0 Å². The van der Waals surface area contributed by atoms with E-state index in [9.17, 15) is 25.5 Å². The Morgan fingerprint density at radius 3 is 2.04 bits per heavy atom. The van der Waals surface area contributed by atoms with Crippen LogP contribution >= 0.6 is 0 Å². The molecule has 18 atom stereocenters. The van der Waals surface area contributed by atoms with Crippen LogP contribution in [0.5, 0.6) is 0 Å². The normalized spacial score (nSPS) is 46.2. The summed E-state index contributed by atoms with van der Waals surface area (Å²) >= 11 is 0. The Kier molecular flexibility index (Phi) is 14.4. The van der Waals surface area contributed by atoms with Crippen LogP contribution in [0.4, 0.5) is 0 Å². The molecule has 0 radical (unpaired) electrons. The first-order valence-electron chi connectivity index (χ1n) is 22.6. The minimum Gasteiger partial charge on any atom is -0.393 e. The molecule has 6 nitrogen and oxygen atoms in total. The highest BCUT2D eigenvalue weighted by molar-refractivity contribution is 5.24. The lowest BCUT2D eigenvalue weighted by Crippen LogP contribution is -2.77. The third kappa shape index (κ3) is 7.72. The highest BCUT2D eigenvalue weighted by atomic mass is 16.6. The summed E-state index contributed by atoms with van der Waals surface area (Å²) in [5, 5.41) is 58.8. The van der Waals surface area contributed by atoms with Gasteiger partial charge in [0.25, 0.3) is 0 Å². The van der Waals surface area contributed by atoms with Crippen molar-refractivity contribution in [3.63, 3.8) is 0 Å². The fourth-order valence-electron chi connectivity index (χ4n) is 14.5. The third-order valence-corrected chi connectivity index (χ3v) is 17.8. The van der Waals surface area contributed by atoms with Crippen LogP contribution in [0.25, 0.3) is 0 Å². The van der Waals surface area contributed by atoms with Crippen molar-refractivity contribution in [1.29, 1.82) is 0 Å². The maximum Gasteiger partial charge on any atom is 0.154 e. The van der Waals surface area contributed by atoms with Crippen molar-refractivity contribution in [3.05, 3.63) is 0 Å². The number of hydrogen-bond acceptors (Lipinski definition) is 6. The molecule has 5 aliphatic rings. The number of unbranched alkanes of at least 4 members (excludes halogenated alkanes) is 4. The largest absolute Gasteiger partial charge is 0.393 e. The maximum absolute atomic E-state index is 12.9. The zero-order chi connectivity index (χ0) is 38.2. The van der Waals surface area contributed by atoms with E-state index in [1.807, 2.05) is 13.8 Å². The predicted molar refractivity (Wildman–Crippen MR) is 211 cm³/mol. The van der Waals surface area contributed by atoms with Crippen molar-refractivity contribution in [2.45, 2.75) is 215 Å². The molecule has 5 rings (SSSR count). The molecule has 0 spiro atoms. The lowest BCUT2D eigenvalue weighted by molar-refractivity contribution is -0.359. The van der Waals surface area contributed by atoms with Gasteiger partial charge in [-0.05, 0) is 98.7 Å². The average Bonchev–Trinajstić information content (AvgIpc) is 3.61. The summed E-state index contributed by atoms with van der Waals surface area (Å²) in [6.45, 7) is 20.0. The van der Waals surface area contributed by atoms with E-state index in [-0.39, 0.29) is 47.2 Å². The number of rotatable bonds is 16. The number of ether oxygens (including phenoxy) is 1. The molecular weight excluding hydrogens is 649 g/mol. The Balaban J connectivity index is 1.44. The molecule has 0 aliphatic heterocycles. The second kappa shape index (κ2) is 17.5. The molecule has 5 aliphatic carbocycles. The van der Waals surface area contributed by atoms with E-state index >= 15 is 0 Å². The Hall–Kier alpha value is -0.240. The summed E-state index contributed by atoms with van der Waals surface area (Å²) in [6.07, 6.45) is 16.6. The quantitative estimate of drug-likeness (QED) is 0.0799. The molecule has 0 saturated heterocycles. The predicted octanol–water partition coefficient (Wildman–Crippen LogP) is 9.52. The van der Waals surface area contributed by atoms with E-state index in [0.29, 0.717) is 36.5 Å². The zero-order valence-electron chi connectivity index (χ0n) is 35.1. The summed E-state index contributed by atoms with van der Waals surface area (Å²) in [5.74, 6) is 2.51. The summed E-state index contributed by atoms with van der Waals surface area (Å²) < 4.78 is 7.04. The van der Waals surface area contributed by atoms with E-state index in [4.69, 9.17) is 4.74 Å². The first kappa shape index (κ1) is 42.9. The lowest BCUT2D eigenvalue weighted by atomic mass is 9.31. The Labute approximate surface area is 319 Å². The minimum absolute atomic E-state index is 0.0152. The summed E-state index contributed by atoms with van der Waals surface area (Å²) in [5.41, 5.74) is -1.42. The standard InChI is InChI=1S/C46H84O6/c1-10-37(49)52-43-44(7)27-30(4)39(36(48)24-15-13-11-12-14-19-28(2)32(6)47)42(51)46(44,9)31(5)40-41(50)38-29(3)20-18-23-34(38)35(45(40,43)8)26-25-33-21-16-17-22-33/h28-43,47-51H,10-27H2,1-9H3. The van der Waals surface area contributed by atoms with E-state index in [0.717, 1.165) is 50.9 Å². The number of hydrogen-bond donors (Lipinski definition) is 5. The maximum atomic E-state index is 12.9.